The number of carbonyl (C=O) groups excluding carboxylic acids is 1. The molecule has 0 atom stereocenters. The van der Waals surface area contributed by atoms with Gasteiger partial charge in [0.15, 0.2) is 0 Å². The van der Waals surface area contributed by atoms with Crippen LogP contribution in [-0.4, -0.2) is 21.6 Å². The highest BCUT2D eigenvalue weighted by Crippen LogP contribution is 2.34. The number of aryl methyl sites for hydroxylation is 3. The smallest absolute Gasteiger partial charge is 0.259 e. The minimum atomic E-state index is -0.0212. The molecule has 0 spiro atoms. The highest BCUT2D eigenvalue weighted by atomic mass is 32.2. The molecule has 5 nitrogen and oxygen atoms in total. The number of benzene rings is 1. The highest BCUT2D eigenvalue weighted by molar-refractivity contribution is 7.98. The van der Waals surface area contributed by atoms with Crippen LogP contribution in [0.5, 0.6) is 0 Å². The zero-order chi connectivity index (χ0) is 18.8. The Morgan fingerprint density at radius 3 is 2.93 bits per heavy atom. The molecule has 1 aliphatic carbocycles. The van der Waals surface area contributed by atoms with Crippen molar-refractivity contribution >= 4 is 44.9 Å². The lowest BCUT2D eigenvalue weighted by molar-refractivity contribution is -0.115. The Morgan fingerprint density at radius 2 is 2.11 bits per heavy atom. The number of thiophene rings is 1. The van der Waals surface area contributed by atoms with Gasteiger partial charge in [0, 0.05) is 22.7 Å². The van der Waals surface area contributed by atoms with Gasteiger partial charge in [-0.1, -0.05) is 17.7 Å². The lowest BCUT2D eigenvalue weighted by atomic mass is 10.2. The molecular formula is C20H21N3O2S2. The van der Waals surface area contributed by atoms with Gasteiger partial charge < -0.3 is 10.3 Å². The molecule has 0 bridgehead atoms. The van der Waals surface area contributed by atoms with Crippen molar-refractivity contribution < 1.29 is 4.79 Å². The van der Waals surface area contributed by atoms with Gasteiger partial charge in [-0.2, -0.15) is 11.8 Å². The Balaban J connectivity index is 1.31. The van der Waals surface area contributed by atoms with E-state index in [-0.39, 0.29) is 11.5 Å². The van der Waals surface area contributed by atoms with E-state index < -0.39 is 0 Å². The van der Waals surface area contributed by atoms with Gasteiger partial charge in [-0.05, 0) is 43.9 Å². The number of hydrogen-bond donors (Lipinski definition) is 2. The zero-order valence-corrected chi connectivity index (χ0v) is 16.8. The molecule has 7 heteroatoms. The van der Waals surface area contributed by atoms with E-state index in [0.717, 1.165) is 40.7 Å². The fraction of sp³-hybridized carbons (Fsp3) is 0.350. The number of hydrogen-bond acceptors (Lipinski definition) is 5. The standard InChI is InChI=1S/C20H21N3O2S2/c1-12-5-7-13(8-6-12)21-17(24)9-10-26-11-16-22-19(25)18-14-3-2-4-15(14)27-20(18)23-16/h5-8H,2-4,9-11H2,1H3,(H,21,24)(H,22,23,25). The number of anilines is 1. The van der Waals surface area contributed by atoms with Crippen LogP contribution in [0.4, 0.5) is 5.69 Å². The van der Waals surface area contributed by atoms with Gasteiger partial charge in [0.25, 0.3) is 5.56 Å². The maximum atomic E-state index is 12.4. The van der Waals surface area contributed by atoms with Crippen LogP contribution >= 0.6 is 23.1 Å². The van der Waals surface area contributed by atoms with Crippen LogP contribution in [0.25, 0.3) is 10.2 Å². The first-order valence-corrected chi connectivity index (χ1v) is 11.0. The van der Waals surface area contributed by atoms with Crippen LogP contribution < -0.4 is 10.9 Å². The van der Waals surface area contributed by atoms with Gasteiger partial charge in [-0.25, -0.2) is 4.98 Å². The third-order valence-electron chi connectivity index (χ3n) is 4.67. The minimum Gasteiger partial charge on any atom is -0.326 e. The molecule has 0 radical (unpaired) electrons. The normalized spacial score (nSPS) is 13.1. The number of carbonyl (C=O) groups is 1. The molecule has 2 heterocycles. The number of rotatable bonds is 6. The first-order chi connectivity index (χ1) is 13.1. The van der Waals surface area contributed by atoms with E-state index in [4.69, 9.17) is 0 Å². The van der Waals surface area contributed by atoms with Gasteiger partial charge in [-0.3, -0.25) is 9.59 Å². The topological polar surface area (TPSA) is 74.8 Å². The molecule has 1 aliphatic rings. The number of aromatic amines is 1. The van der Waals surface area contributed by atoms with Gasteiger partial charge in [0.2, 0.25) is 5.91 Å². The van der Waals surface area contributed by atoms with Crippen molar-refractivity contribution in [1.82, 2.24) is 9.97 Å². The Labute approximate surface area is 165 Å². The van der Waals surface area contributed by atoms with Gasteiger partial charge in [0.05, 0.1) is 11.1 Å². The lowest BCUT2D eigenvalue weighted by Gasteiger charge is -2.05. The fourth-order valence-corrected chi connectivity index (χ4v) is 5.39. The molecule has 0 saturated carbocycles. The van der Waals surface area contributed by atoms with E-state index >= 15 is 0 Å². The second-order valence-corrected chi connectivity index (χ2v) is 8.96. The Morgan fingerprint density at radius 1 is 1.30 bits per heavy atom. The maximum absolute atomic E-state index is 12.4. The average molecular weight is 400 g/mol. The van der Waals surface area contributed by atoms with E-state index in [1.54, 1.807) is 23.1 Å². The van der Waals surface area contributed by atoms with E-state index in [9.17, 15) is 9.59 Å². The van der Waals surface area contributed by atoms with Crippen molar-refractivity contribution in [2.24, 2.45) is 0 Å². The molecule has 4 rings (SSSR count). The summed E-state index contributed by atoms with van der Waals surface area (Å²) in [6.07, 6.45) is 3.62. The third kappa shape index (κ3) is 4.09. The van der Waals surface area contributed by atoms with Crippen LogP contribution in [-0.2, 0) is 23.4 Å². The molecule has 3 aromatic rings. The van der Waals surface area contributed by atoms with Crippen molar-refractivity contribution in [3.05, 3.63) is 56.4 Å². The number of fused-ring (bicyclic) bond motifs is 3. The van der Waals surface area contributed by atoms with E-state index in [2.05, 4.69) is 15.3 Å². The molecule has 0 fully saturated rings. The summed E-state index contributed by atoms with van der Waals surface area (Å²) in [5, 5.41) is 3.69. The monoisotopic (exact) mass is 399 g/mol. The SMILES string of the molecule is Cc1ccc(NC(=O)CCSCc2nc3sc4c(c3c(=O)[nH]2)CCC4)cc1. The number of nitrogens with one attached hydrogen (secondary N) is 2. The van der Waals surface area contributed by atoms with Crippen LogP contribution in [0.1, 0.15) is 34.7 Å². The average Bonchev–Trinajstić information content (AvgIpc) is 3.21. The van der Waals surface area contributed by atoms with Crippen molar-refractivity contribution in [2.75, 3.05) is 11.1 Å². The number of amides is 1. The molecular weight excluding hydrogens is 378 g/mol. The summed E-state index contributed by atoms with van der Waals surface area (Å²) in [4.78, 5) is 34.2. The number of aromatic nitrogens is 2. The number of thioether (sulfide) groups is 1. The Kier molecular flexibility index (Phi) is 5.31. The van der Waals surface area contributed by atoms with Gasteiger partial charge in [0.1, 0.15) is 10.7 Å². The van der Waals surface area contributed by atoms with Crippen LogP contribution in [0, 0.1) is 6.92 Å². The summed E-state index contributed by atoms with van der Waals surface area (Å²) in [5.41, 5.74) is 3.17. The molecule has 2 aromatic heterocycles. The van der Waals surface area contributed by atoms with Crippen molar-refractivity contribution in [3.63, 3.8) is 0 Å². The summed E-state index contributed by atoms with van der Waals surface area (Å²) in [5.74, 6) is 1.97. The zero-order valence-electron chi connectivity index (χ0n) is 15.1. The molecule has 2 N–H and O–H groups in total. The second kappa shape index (κ2) is 7.86. The minimum absolute atomic E-state index is 0.00191. The highest BCUT2D eigenvalue weighted by Gasteiger charge is 2.21. The van der Waals surface area contributed by atoms with Gasteiger partial charge >= 0.3 is 0 Å². The fourth-order valence-electron chi connectivity index (χ4n) is 3.31. The summed E-state index contributed by atoms with van der Waals surface area (Å²) < 4.78 is 0. The Hall–Kier alpha value is -2.12. The molecule has 27 heavy (non-hydrogen) atoms. The first kappa shape index (κ1) is 18.3. The predicted molar refractivity (Wildman–Crippen MR) is 113 cm³/mol. The second-order valence-electron chi connectivity index (χ2n) is 6.77. The molecule has 0 aliphatic heterocycles. The van der Waals surface area contributed by atoms with Crippen molar-refractivity contribution in [1.29, 1.82) is 0 Å². The quantitative estimate of drug-likeness (QED) is 0.614. The van der Waals surface area contributed by atoms with E-state index in [0.29, 0.717) is 23.8 Å². The van der Waals surface area contributed by atoms with Crippen molar-refractivity contribution in [2.45, 2.75) is 38.4 Å². The van der Waals surface area contributed by atoms with Crippen LogP contribution in [0.3, 0.4) is 0 Å². The predicted octanol–water partition coefficient (Wildman–Crippen LogP) is 4.04. The maximum Gasteiger partial charge on any atom is 0.259 e. The van der Waals surface area contributed by atoms with E-state index in [1.807, 2.05) is 31.2 Å². The molecule has 1 aromatic carbocycles. The first-order valence-electron chi connectivity index (χ1n) is 9.08. The summed E-state index contributed by atoms with van der Waals surface area (Å²) in [6, 6.07) is 7.76. The Bertz CT molecular complexity index is 1040. The molecule has 1 amide bonds. The summed E-state index contributed by atoms with van der Waals surface area (Å²) in [7, 11) is 0. The lowest BCUT2D eigenvalue weighted by Crippen LogP contribution is -2.13. The number of nitrogens with zero attached hydrogens (tertiary/aromatic N) is 1. The molecule has 0 unspecified atom stereocenters. The van der Waals surface area contributed by atoms with Crippen molar-refractivity contribution in [3.8, 4) is 0 Å². The van der Waals surface area contributed by atoms with Gasteiger partial charge in [-0.15, -0.1) is 11.3 Å². The third-order valence-corrected chi connectivity index (χ3v) is 6.83. The van der Waals surface area contributed by atoms with Crippen LogP contribution in [0.15, 0.2) is 29.1 Å². The largest absolute Gasteiger partial charge is 0.326 e. The summed E-state index contributed by atoms with van der Waals surface area (Å²) >= 11 is 3.26. The summed E-state index contributed by atoms with van der Waals surface area (Å²) in [6.45, 7) is 2.02. The molecule has 0 saturated heterocycles. The van der Waals surface area contributed by atoms with Crippen LogP contribution in [0.2, 0.25) is 0 Å². The van der Waals surface area contributed by atoms with E-state index in [1.165, 1.54) is 10.4 Å². The molecule has 140 valence electrons. The number of H-pyrrole nitrogens is 1.